The largest absolute Gasteiger partial charge is 0.468 e. The van der Waals surface area contributed by atoms with Gasteiger partial charge in [0.2, 0.25) is 0 Å². The molecule has 1 saturated heterocycles. The van der Waals surface area contributed by atoms with Crippen molar-refractivity contribution in [3.05, 3.63) is 35.9 Å². The maximum Gasteiger partial charge on any atom is 0.319 e. The van der Waals surface area contributed by atoms with Crippen LogP contribution in [0.3, 0.4) is 0 Å². The van der Waals surface area contributed by atoms with Gasteiger partial charge in [0.15, 0.2) is 0 Å². The van der Waals surface area contributed by atoms with Gasteiger partial charge in [0.05, 0.1) is 13.7 Å². The van der Waals surface area contributed by atoms with Crippen molar-refractivity contribution < 1.29 is 9.53 Å². The molecule has 0 atom stereocenters. The Morgan fingerprint density at radius 2 is 1.95 bits per heavy atom. The van der Waals surface area contributed by atoms with E-state index in [1.54, 1.807) is 0 Å². The molecule has 2 rings (SSSR count). The van der Waals surface area contributed by atoms with Crippen LogP contribution in [0.2, 0.25) is 0 Å². The Bertz CT molecular complexity index is 439. The van der Waals surface area contributed by atoms with Crippen molar-refractivity contribution in [3.8, 4) is 0 Å². The molecule has 1 fully saturated rings. The maximum atomic E-state index is 11.3. The van der Waals surface area contributed by atoms with Crippen molar-refractivity contribution >= 4 is 5.97 Å². The van der Waals surface area contributed by atoms with E-state index in [0.29, 0.717) is 6.54 Å². The molecule has 0 aliphatic carbocycles. The Morgan fingerprint density at radius 3 is 2.52 bits per heavy atom. The van der Waals surface area contributed by atoms with Gasteiger partial charge in [-0.3, -0.25) is 9.69 Å². The fraction of sp³-hybridized carbons (Fsp3) is 0.588. The summed E-state index contributed by atoms with van der Waals surface area (Å²) in [7, 11) is 1.44. The van der Waals surface area contributed by atoms with Crippen LogP contribution < -0.4 is 5.73 Å². The number of benzene rings is 1. The molecular weight excluding hydrogens is 264 g/mol. The van der Waals surface area contributed by atoms with Gasteiger partial charge < -0.3 is 10.5 Å². The average molecular weight is 290 g/mol. The molecule has 0 radical (unpaired) electrons. The molecule has 1 aromatic carbocycles. The standard InChI is InChI=1S/C17H26N2O2/c1-21-16(20)13-19-11-9-17(14-18,10-12-19)8-7-15-5-3-2-4-6-15/h2-6H,7-14,18H2,1H3. The highest BCUT2D eigenvalue weighted by molar-refractivity contribution is 5.71. The maximum absolute atomic E-state index is 11.3. The van der Waals surface area contributed by atoms with Gasteiger partial charge in [-0.2, -0.15) is 0 Å². The van der Waals surface area contributed by atoms with Crippen LogP contribution in [0.15, 0.2) is 30.3 Å². The number of nitrogens with zero attached hydrogens (tertiary/aromatic N) is 1. The van der Waals surface area contributed by atoms with Gasteiger partial charge in [-0.15, -0.1) is 0 Å². The number of methoxy groups -OCH3 is 1. The number of carbonyl (C=O) groups is 1. The van der Waals surface area contributed by atoms with Crippen LogP contribution in [-0.4, -0.2) is 44.2 Å². The van der Waals surface area contributed by atoms with Crippen LogP contribution in [0, 0.1) is 5.41 Å². The second-order valence-corrected chi connectivity index (χ2v) is 6.04. The van der Waals surface area contributed by atoms with Gasteiger partial charge in [0.1, 0.15) is 0 Å². The van der Waals surface area contributed by atoms with E-state index >= 15 is 0 Å². The van der Waals surface area contributed by atoms with Crippen molar-refractivity contribution in [1.82, 2.24) is 4.90 Å². The van der Waals surface area contributed by atoms with Gasteiger partial charge in [-0.25, -0.2) is 0 Å². The third-order valence-electron chi connectivity index (χ3n) is 4.72. The lowest BCUT2D eigenvalue weighted by Crippen LogP contribution is -2.45. The van der Waals surface area contributed by atoms with Gasteiger partial charge in [0, 0.05) is 0 Å². The number of ether oxygens (including phenoxy) is 1. The van der Waals surface area contributed by atoms with E-state index in [-0.39, 0.29) is 11.4 Å². The minimum Gasteiger partial charge on any atom is -0.468 e. The Morgan fingerprint density at radius 1 is 1.29 bits per heavy atom. The summed E-state index contributed by atoms with van der Waals surface area (Å²) in [5.74, 6) is -0.153. The molecule has 0 spiro atoms. The highest BCUT2D eigenvalue weighted by atomic mass is 16.5. The summed E-state index contributed by atoms with van der Waals surface area (Å²) >= 11 is 0. The van der Waals surface area contributed by atoms with E-state index in [9.17, 15) is 4.79 Å². The smallest absolute Gasteiger partial charge is 0.319 e. The molecule has 2 N–H and O–H groups in total. The molecule has 0 saturated carbocycles. The van der Waals surface area contributed by atoms with E-state index < -0.39 is 0 Å². The zero-order valence-electron chi connectivity index (χ0n) is 12.9. The molecule has 0 bridgehead atoms. The molecule has 0 aromatic heterocycles. The van der Waals surface area contributed by atoms with Crippen molar-refractivity contribution in [2.75, 3.05) is 33.3 Å². The van der Waals surface area contributed by atoms with Crippen LogP contribution in [0.4, 0.5) is 0 Å². The van der Waals surface area contributed by atoms with E-state index in [2.05, 4.69) is 29.2 Å². The van der Waals surface area contributed by atoms with E-state index in [1.165, 1.54) is 12.7 Å². The zero-order valence-corrected chi connectivity index (χ0v) is 12.9. The lowest BCUT2D eigenvalue weighted by molar-refractivity contribution is -0.142. The number of hydrogen-bond donors (Lipinski definition) is 1. The summed E-state index contributed by atoms with van der Waals surface area (Å²) in [6.07, 6.45) is 4.33. The number of hydrogen-bond acceptors (Lipinski definition) is 4. The van der Waals surface area contributed by atoms with Crippen molar-refractivity contribution in [2.24, 2.45) is 11.1 Å². The third-order valence-corrected chi connectivity index (χ3v) is 4.72. The lowest BCUT2D eigenvalue weighted by Gasteiger charge is -2.41. The Balaban J connectivity index is 1.85. The van der Waals surface area contributed by atoms with Crippen LogP contribution in [-0.2, 0) is 16.0 Å². The molecule has 4 nitrogen and oxygen atoms in total. The van der Waals surface area contributed by atoms with E-state index in [0.717, 1.165) is 45.3 Å². The van der Waals surface area contributed by atoms with Crippen LogP contribution >= 0.6 is 0 Å². The molecule has 0 unspecified atom stereocenters. The first kappa shape index (κ1) is 16.0. The number of carbonyl (C=O) groups excluding carboxylic acids is 1. The van der Waals surface area contributed by atoms with E-state index in [1.807, 2.05) is 6.07 Å². The Labute approximate surface area is 127 Å². The van der Waals surface area contributed by atoms with Crippen molar-refractivity contribution in [2.45, 2.75) is 25.7 Å². The van der Waals surface area contributed by atoms with Crippen LogP contribution in [0.25, 0.3) is 0 Å². The number of piperidine rings is 1. The van der Waals surface area contributed by atoms with Gasteiger partial charge in [-0.05, 0) is 56.3 Å². The van der Waals surface area contributed by atoms with Gasteiger partial charge in [0.25, 0.3) is 0 Å². The number of esters is 1. The van der Waals surface area contributed by atoms with Gasteiger partial charge in [-0.1, -0.05) is 30.3 Å². The molecule has 21 heavy (non-hydrogen) atoms. The molecule has 1 aromatic rings. The quantitative estimate of drug-likeness (QED) is 0.812. The summed E-state index contributed by atoms with van der Waals surface area (Å²) in [4.78, 5) is 13.5. The second kappa shape index (κ2) is 7.57. The third kappa shape index (κ3) is 4.55. The zero-order chi connectivity index (χ0) is 15.1. The van der Waals surface area contributed by atoms with E-state index in [4.69, 9.17) is 10.5 Å². The first-order chi connectivity index (χ1) is 10.2. The first-order valence-electron chi connectivity index (χ1n) is 7.71. The SMILES string of the molecule is COC(=O)CN1CCC(CN)(CCc2ccccc2)CC1. The summed E-state index contributed by atoms with van der Waals surface area (Å²) in [6, 6.07) is 10.6. The van der Waals surface area contributed by atoms with Crippen molar-refractivity contribution in [3.63, 3.8) is 0 Å². The summed E-state index contributed by atoms with van der Waals surface area (Å²) in [5, 5.41) is 0. The molecule has 4 heteroatoms. The molecular formula is C17H26N2O2. The average Bonchev–Trinajstić information content (AvgIpc) is 2.55. The summed E-state index contributed by atoms with van der Waals surface area (Å²) in [6.45, 7) is 2.99. The predicted octanol–water partition coefficient (Wildman–Crippen LogP) is 1.83. The second-order valence-electron chi connectivity index (χ2n) is 6.04. The molecule has 1 aliphatic rings. The number of likely N-dealkylation sites (tertiary alicyclic amines) is 1. The number of aryl methyl sites for hydroxylation is 1. The highest BCUT2D eigenvalue weighted by Crippen LogP contribution is 2.35. The summed E-state index contributed by atoms with van der Waals surface area (Å²) in [5.41, 5.74) is 7.67. The normalized spacial score (nSPS) is 18.4. The Hall–Kier alpha value is -1.39. The molecule has 116 valence electrons. The van der Waals surface area contributed by atoms with Crippen LogP contribution in [0.5, 0.6) is 0 Å². The molecule has 0 amide bonds. The highest BCUT2D eigenvalue weighted by Gasteiger charge is 2.33. The topological polar surface area (TPSA) is 55.6 Å². The predicted molar refractivity (Wildman–Crippen MR) is 83.9 cm³/mol. The monoisotopic (exact) mass is 290 g/mol. The van der Waals surface area contributed by atoms with Crippen molar-refractivity contribution in [1.29, 1.82) is 0 Å². The Kier molecular flexibility index (Phi) is 5.76. The number of rotatable bonds is 6. The first-order valence-corrected chi connectivity index (χ1v) is 7.71. The number of nitrogens with two attached hydrogens (primary N) is 1. The fourth-order valence-corrected chi connectivity index (χ4v) is 3.04. The molecule has 1 aliphatic heterocycles. The lowest BCUT2D eigenvalue weighted by atomic mass is 9.74. The minimum atomic E-state index is -0.153. The minimum absolute atomic E-state index is 0.153. The fourth-order valence-electron chi connectivity index (χ4n) is 3.04. The summed E-state index contributed by atoms with van der Waals surface area (Å²) < 4.78 is 4.73. The van der Waals surface area contributed by atoms with Gasteiger partial charge >= 0.3 is 5.97 Å². The van der Waals surface area contributed by atoms with Crippen LogP contribution in [0.1, 0.15) is 24.8 Å². The molecule has 1 heterocycles.